The molecule has 2 aromatic carbocycles. The number of nitrogens with zero attached hydrogens (tertiary/aromatic N) is 2. The zero-order valence-electron chi connectivity index (χ0n) is 12.1. The molecule has 0 aromatic heterocycles. The van der Waals surface area contributed by atoms with Crippen molar-refractivity contribution in [2.75, 3.05) is 19.6 Å². The predicted octanol–water partition coefficient (Wildman–Crippen LogP) is 3.06. The molecule has 0 bridgehead atoms. The van der Waals surface area contributed by atoms with E-state index in [-0.39, 0.29) is 5.69 Å². The third-order valence-corrected chi connectivity index (χ3v) is 2.84. The summed E-state index contributed by atoms with van der Waals surface area (Å²) in [5.41, 5.74) is 4.05. The topological polar surface area (TPSA) is 86.0 Å². The highest BCUT2D eigenvalue weighted by atomic mass is 16.6. The van der Waals surface area contributed by atoms with Crippen molar-refractivity contribution in [2.24, 2.45) is 5.10 Å². The Hall–Kier alpha value is -3.09. The van der Waals surface area contributed by atoms with E-state index in [0.29, 0.717) is 17.2 Å². The van der Waals surface area contributed by atoms with Crippen LogP contribution >= 0.6 is 0 Å². The van der Waals surface area contributed by atoms with Gasteiger partial charge in [0.2, 0.25) is 0 Å². The molecular formula is C15H15N3O4. The third-order valence-electron chi connectivity index (χ3n) is 2.84. The maximum atomic E-state index is 10.7. The van der Waals surface area contributed by atoms with Crippen LogP contribution in [0.4, 0.5) is 11.4 Å². The summed E-state index contributed by atoms with van der Waals surface area (Å²) < 4.78 is 10.3. The highest BCUT2D eigenvalue weighted by molar-refractivity contribution is 5.81. The normalized spacial score (nSPS) is 10.5. The van der Waals surface area contributed by atoms with Gasteiger partial charge >= 0.3 is 0 Å². The Bertz CT molecular complexity index is 679. The lowest BCUT2D eigenvalue weighted by molar-refractivity contribution is -0.384. The number of hydrogen-bond acceptors (Lipinski definition) is 6. The Morgan fingerprint density at radius 2 is 1.82 bits per heavy atom. The Kier molecular flexibility index (Phi) is 4.92. The van der Waals surface area contributed by atoms with E-state index < -0.39 is 4.92 Å². The van der Waals surface area contributed by atoms with Gasteiger partial charge in [-0.25, -0.2) is 0 Å². The Balaban J connectivity index is 2.12. The van der Waals surface area contributed by atoms with Gasteiger partial charge in [-0.3, -0.25) is 15.5 Å². The van der Waals surface area contributed by atoms with Crippen molar-refractivity contribution < 1.29 is 14.4 Å². The fourth-order valence-electron chi connectivity index (χ4n) is 1.77. The van der Waals surface area contributed by atoms with E-state index in [4.69, 9.17) is 9.47 Å². The zero-order chi connectivity index (χ0) is 15.9. The molecule has 0 radical (unpaired) electrons. The molecule has 0 aliphatic rings. The van der Waals surface area contributed by atoms with Crippen LogP contribution in [0.15, 0.2) is 47.6 Å². The largest absolute Gasteiger partial charge is 0.497 e. The minimum Gasteiger partial charge on any atom is -0.497 e. The molecule has 0 aliphatic heterocycles. The first-order valence-corrected chi connectivity index (χ1v) is 6.39. The molecule has 0 spiro atoms. The molecule has 7 heteroatoms. The summed E-state index contributed by atoms with van der Waals surface area (Å²) in [6.45, 7) is 0. The van der Waals surface area contributed by atoms with Gasteiger partial charge < -0.3 is 9.47 Å². The van der Waals surface area contributed by atoms with E-state index in [1.54, 1.807) is 50.8 Å². The van der Waals surface area contributed by atoms with Gasteiger partial charge in [-0.05, 0) is 18.2 Å². The molecule has 0 amide bonds. The lowest BCUT2D eigenvalue weighted by Gasteiger charge is -2.05. The van der Waals surface area contributed by atoms with Crippen LogP contribution in [0.25, 0.3) is 0 Å². The number of rotatable bonds is 6. The van der Waals surface area contributed by atoms with E-state index in [2.05, 4.69) is 10.5 Å². The fraction of sp³-hybridized carbons (Fsp3) is 0.133. The Labute approximate surface area is 127 Å². The van der Waals surface area contributed by atoms with Crippen LogP contribution in [0.3, 0.4) is 0 Å². The number of anilines is 1. The quantitative estimate of drug-likeness (QED) is 0.503. The van der Waals surface area contributed by atoms with Gasteiger partial charge in [-0.2, -0.15) is 5.10 Å². The number of nitrogens with one attached hydrogen (secondary N) is 1. The van der Waals surface area contributed by atoms with Crippen LogP contribution in [0, 0.1) is 10.1 Å². The van der Waals surface area contributed by atoms with E-state index >= 15 is 0 Å². The highest BCUT2D eigenvalue weighted by Crippen LogP contribution is 2.21. The SMILES string of the molecule is COc1cc(/C=N\Nc2cccc([N+](=O)[O-])c2)cc(OC)c1. The van der Waals surface area contributed by atoms with Crippen LogP contribution < -0.4 is 14.9 Å². The number of nitro groups is 1. The first-order valence-electron chi connectivity index (χ1n) is 6.39. The molecule has 0 aliphatic carbocycles. The number of hydrogen-bond donors (Lipinski definition) is 1. The fourth-order valence-corrected chi connectivity index (χ4v) is 1.77. The number of methoxy groups -OCH3 is 2. The summed E-state index contributed by atoms with van der Waals surface area (Å²) in [7, 11) is 3.13. The predicted molar refractivity (Wildman–Crippen MR) is 83.9 cm³/mol. The van der Waals surface area contributed by atoms with Crippen molar-refractivity contribution in [3.8, 4) is 11.5 Å². The second kappa shape index (κ2) is 7.07. The minimum absolute atomic E-state index is 0.00301. The summed E-state index contributed by atoms with van der Waals surface area (Å²) >= 11 is 0. The molecule has 0 saturated heterocycles. The van der Waals surface area contributed by atoms with Crippen molar-refractivity contribution in [1.29, 1.82) is 0 Å². The molecule has 0 heterocycles. The van der Waals surface area contributed by atoms with Crippen LogP contribution in [-0.4, -0.2) is 25.4 Å². The molecule has 22 heavy (non-hydrogen) atoms. The second-order valence-corrected chi connectivity index (χ2v) is 4.32. The van der Waals surface area contributed by atoms with Crippen LogP contribution in [0.2, 0.25) is 0 Å². The van der Waals surface area contributed by atoms with Crippen molar-refractivity contribution in [3.63, 3.8) is 0 Å². The average Bonchev–Trinajstić information content (AvgIpc) is 2.54. The molecule has 0 saturated carbocycles. The molecule has 114 valence electrons. The maximum Gasteiger partial charge on any atom is 0.271 e. The molecule has 2 rings (SSSR count). The highest BCUT2D eigenvalue weighted by Gasteiger charge is 2.04. The monoisotopic (exact) mass is 301 g/mol. The summed E-state index contributed by atoms with van der Waals surface area (Å²) in [5, 5.41) is 14.8. The Morgan fingerprint density at radius 3 is 2.41 bits per heavy atom. The summed E-state index contributed by atoms with van der Waals surface area (Å²) in [6.07, 6.45) is 1.57. The molecule has 0 unspecified atom stereocenters. The molecular weight excluding hydrogens is 286 g/mol. The lowest BCUT2D eigenvalue weighted by Crippen LogP contribution is -1.94. The standard InChI is InChI=1S/C15H15N3O4/c1-21-14-6-11(7-15(9-14)22-2)10-16-17-12-4-3-5-13(8-12)18(19)20/h3-10,17H,1-2H3/b16-10-. The second-order valence-electron chi connectivity index (χ2n) is 4.32. The van der Waals surface area contributed by atoms with Gasteiger partial charge in [0.15, 0.2) is 0 Å². The van der Waals surface area contributed by atoms with Crippen molar-refractivity contribution in [2.45, 2.75) is 0 Å². The van der Waals surface area contributed by atoms with Crippen LogP contribution in [0.1, 0.15) is 5.56 Å². The summed E-state index contributed by atoms with van der Waals surface area (Å²) in [6, 6.07) is 11.4. The molecule has 0 fully saturated rings. The number of non-ortho nitro benzene ring substituents is 1. The minimum atomic E-state index is -0.457. The van der Waals surface area contributed by atoms with E-state index in [0.717, 1.165) is 5.56 Å². The van der Waals surface area contributed by atoms with Crippen molar-refractivity contribution in [3.05, 3.63) is 58.1 Å². The van der Waals surface area contributed by atoms with Gasteiger partial charge in [0.25, 0.3) is 5.69 Å². The number of hydrazone groups is 1. The van der Waals surface area contributed by atoms with Crippen molar-refractivity contribution in [1.82, 2.24) is 0 Å². The van der Waals surface area contributed by atoms with Gasteiger partial charge in [0, 0.05) is 23.8 Å². The van der Waals surface area contributed by atoms with Crippen LogP contribution in [0.5, 0.6) is 11.5 Å². The lowest BCUT2D eigenvalue weighted by atomic mass is 10.2. The molecule has 2 aromatic rings. The maximum absolute atomic E-state index is 10.7. The first kappa shape index (κ1) is 15.3. The summed E-state index contributed by atoms with van der Waals surface area (Å²) in [5.74, 6) is 1.30. The third kappa shape index (κ3) is 3.95. The number of benzene rings is 2. The van der Waals surface area contributed by atoms with E-state index in [1.807, 2.05) is 0 Å². The van der Waals surface area contributed by atoms with Gasteiger partial charge in [0.05, 0.1) is 31.0 Å². The smallest absolute Gasteiger partial charge is 0.271 e. The number of ether oxygens (including phenoxy) is 2. The van der Waals surface area contributed by atoms with Gasteiger partial charge in [-0.15, -0.1) is 0 Å². The summed E-state index contributed by atoms with van der Waals surface area (Å²) in [4.78, 5) is 10.2. The van der Waals surface area contributed by atoms with E-state index in [1.165, 1.54) is 12.1 Å². The molecule has 0 atom stereocenters. The zero-order valence-corrected chi connectivity index (χ0v) is 12.1. The average molecular weight is 301 g/mol. The number of nitro benzene ring substituents is 1. The van der Waals surface area contributed by atoms with E-state index in [9.17, 15) is 10.1 Å². The van der Waals surface area contributed by atoms with Gasteiger partial charge in [0.1, 0.15) is 11.5 Å². The Morgan fingerprint density at radius 1 is 1.14 bits per heavy atom. The van der Waals surface area contributed by atoms with Gasteiger partial charge in [-0.1, -0.05) is 6.07 Å². The molecule has 1 N–H and O–H groups in total. The van der Waals surface area contributed by atoms with Crippen molar-refractivity contribution >= 4 is 17.6 Å². The first-order chi connectivity index (χ1) is 10.6. The molecule has 7 nitrogen and oxygen atoms in total. The van der Waals surface area contributed by atoms with Crippen LogP contribution in [-0.2, 0) is 0 Å².